The number of hydrogen-bond donors (Lipinski definition) is 0. The molecular formula is C27H27FN6O3. The Bertz CT molecular complexity index is 1430. The van der Waals surface area contributed by atoms with Crippen molar-refractivity contribution in [3.8, 4) is 23.0 Å². The monoisotopic (exact) mass is 502 g/mol. The third-order valence-corrected chi connectivity index (χ3v) is 6.35. The van der Waals surface area contributed by atoms with Gasteiger partial charge in [-0.3, -0.25) is 4.79 Å². The minimum Gasteiger partial charge on any atom is -0.443 e. The van der Waals surface area contributed by atoms with Crippen LogP contribution >= 0.6 is 0 Å². The summed E-state index contributed by atoms with van der Waals surface area (Å²) in [6, 6.07) is 9.64. The molecule has 2 aliphatic heterocycles. The molecule has 1 saturated heterocycles. The third kappa shape index (κ3) is 4.65. The first-order valence-electron chi connectivity index (χ1n) is 12.2. The number of piperidine rings is 1. The zero-order chi connectivity index (χ0) is 26.3. The molecule has 0 spiro atoms. The van der Waals surface area contributed by atoms with Gasteiger partial charge in [0, 0.05) is 25.4 Å². The van der Waals surface area contributed by atoms with E-state index in [9.17, 15) is 19.2 Å². The summed E-state index contributed by atoms with van der Waals surface area (Å²) in [7, 11) is 0. The Hall–Kier alpha value is -4.26. The van der Waals surface area contributed by atoms with Crippen LogP contribution in [0.2, 0.25) is 0 Å². The molecule has 2 amide bonds. The highest BCUT2D eigenvalue weighted by molar-refractivity contribution is 6.08. The third-order valence-electron chi connectivity index (χ3n) is 6.35. The van der Waals surface area contributed by atoms with Gasteiger partial charge < -0.3 is 9.64 Å². The average molecular weight is 503 g/mol. The lowest BCUT2D eigenvalue weighted by Gasteiger charge is -2.26. The molecule has 4 heterocycles. The van der Waals surface area contributed by atoms with E-state index in [4.69, 9.17) is 9.84 Å². The highest BCUT2D eigenvalue weighted by Crippen LogP contribution is 2.34. The number of amides is 2. The van der Waals surface area contributed by atoms with Crippen LogP contribution < -0.4 is 4.90 Å². The van der Waals surface area contributed by atoms with E-state index in [-0.39, 0.29) is 34.6 Å². The van der Waals surface area contributed by atoms with Crippen molar-refractivity contribution in [1.82, 2.24) is 19.7 Å². The smallest absolute Gasteiger partial charge is 0.417 e. The van der Waals surface area contributed by atoms with Crippen molar-refractivity contribution in [1.29, 1.82) is 5.26 Å². The molecule has 1 fully saturated rings. The van der Waals surface area contributed by atoms with Gasteiger partial charge >= 0.3 is 6.09 Å². The van der Waals surface area contributed by atoms with Crippen LogP contribution in [0.1, 0.15) is 61.6 Å². The van der Waals surface area contributed by atoms with Gasteiger partial charge in [-0.25, -0.2) is 23.8 Å². The quantitative estimate of drug-likeness (QED) is 0.505. The Kier molecular flexibility index (Phi) is 6.15. The van der Waals surface area contributed by atoms with E-state index in [1.54, 1.807) is 37.7 Å². The molecule has 2 aromatic heterocycles. The number of hydrogen-bond acceptors (Lipinski definition) is 7. The summed E-state index contributed by atoms with van der Waals surface area (Å²) in [4.78, 5) is 34.0. The van der Waals surface area contributed by atoms with E-state index < -0.39 is 23.4 Å². The van der Waals surface area contributed by atoms with Gasteiger partial charge in [-0.15, -0.1) is 0 Å². The van der Waals surface area contributed by atoms with Crippen molar-refractivity contribution in [2.75, 3.05) is 18.0 Å². The van der Waals surface area contributed by atoms with Gasteiger partial charge in [0.1, 0.15) is 11.4 Å². The van der Waals surface area contributed by atoms with Crippen LogP contribution in [0.4, 0.5) is 15.0 Å². The first-order chi connectivity index (χ1) is 17.7. The number of anilines is 1. The first kappa shape index (κ1) is 24.4. The summed E-state index contributed by atoms with van der Waals surface area (Å²) in [5.74, 6) is -0.410. The molecular weight excluding hydrogens is 475 g/mol. The second kappa shape index (κ2) is 9.32. The molecule has 2 aliphatic rings. The lowest BCUT2D eigenvalue weighted by atomic mass is 10.0. The number of pyridine rings is 1. The van der Waals surface area contributed by atoms with Crippen LogP contribution in [0.5, 0.6) is 0 Å². The van der Waals surface area contributed by atoms with E-state index in [1.807, 2.05) is 12.1 Å². The summed E-state index contributed by atoms with van der Waals surface area (Å²) in [6.45, 7) is 6.79. The van der Waals surface area contributed by atoms with Crippen LogP contribution in [0, 0.1) is 17.1 Å². The fraction of sp³-hybridized carbons (Fsp3) is 0.370. The maximum Gasteiger partial charge on any atom is 0.417 e. The Morgan fingerprint density at radius 2 is 1.89 bits per heavy atom. The van der Waals surface area contributed by atoms with Crippen molar-refractivity contribution >= 4 is 17.8 Å². The second-order valence-electron chi connectivity index (χ2n) is 10.2. The molecule has 0 N–H and O–H groups in total. The van der Waals surface area contributed by atoms with E-state index in [2.05, 4.69) is 9.88 Å². The minimum absolute atomic E-state index is 0.0284. The van der Waals surface area contributed by atoms with Crippen molar-refractivity contribution in [3.63, 3.8) is 0 Å². The second-order valence-corrected chi connectivity index (χ2v) is 10.2. The molecule has 0 bridgehead atoms. The summed E-state index contributed by atoms with van der Waals surface area (Å²) in [6.07, 6.45) is 4.28. The Morgan fingerprint density at radius 1 is 1.14 bits per heavy atom. The zero-order valence-corrected chi connectivity index (χ0v) is 21.0. The number of fused-ring (bicyclic) bond motifs is 1. The maximum absolute atomic E-state index is 15.0. The maximum atomic E-state index is 15.0. The van der Waals surface area contributed by atoms with E-state index in [1.165, 1.54) is 24.6 Å². The van der Waals surface area contributed by atoms with Gasteiger partial charge in [-0.2, -0.15) is 10.4 Å². The number of nitrogens with zero attached hydrogens (tertiary/aromatic N) is 6. The summed E-state index contributed by atoms with van der Waals surface area (Å²) >= 11 is 0. The molecule has 1 aromatic carbocycles. The van der Waals surface area contributed by atoms with Crippen molar-refractivity contribution < 1.29 is 18.7 Å². The first-order valence-corrected chi connectivity index (χ1v) is 12.2. The number of nitriles is 1. The SMILES string of the molecule is CC(C)(C)OC(=O)N1Cc2nc(-c3c(F)cccc3C#N)cc(-n3ccc(N4CCCCC4)n3)c2C1=O. The van der Waals surface area contributed by atoms with Gasteiger partial charge in [0.15, 0.2) is 5.82 Å². The lowest BCUT2D eigenvalue weighted by molar-refractivity contribution is 0.0247. The number of aromatic nitrogens is 3. The molecule has 37 heavy (non-hydrogen) atoms. The standard InChI is InChI=1S/C27H27FN6O3/c1-27(2,3)37-26(36)33-16-20-24(25(33)35)21(34-13-10-22(31-34)32-11-5-4-6-12-32)14-19(30-20)23-17(15-29)8-7-9-18(23)28/h7-10,13-14H,4-6,11-12,16H2,1-3H3. The summed E-state index contributed by atoms with van der Waals surface area (Å²) in [5, 5.41) is 14.3. The van der Waals surface area contributed by atoms with Crippen molar-refractivity contribution in [3.05, 3.63) is 59.2 Å². The topological polar surface area (TPSA) is 104 Å². The number of rotatable bonds is 3. The molecule has 0 saturated carbocycles. The van der Waals surface area contributed by atoms with Crippen LogP contribution in [-0.2, 0) is 11.3 Å². The van der Waals surface area contributed by atoms with Gasteiger partial charge in [-0.1, -0.05) is 6.07 Å². The van der Waals surface area contributed by atoms with Gasteiger partial charge in [0.05, 0.1) is 46.4 Å². The summed E-state index contributed by atoms with van der Waals surface area (Å²) in [5.41, 5.74) is 0.349. The molecule has 190 valence electrons. The predicted molar refractivity (Wildman–Crippen MR) is 134 cm³/mol. The van der Waals surface area contributed by atoms with E-state index in [0.29, 0.717) is 5.69 Å². The zero-order valence-electron chi connectivity index (χ0n) is 21.0. The van der Waals surface area contributed by atoms with Gasteiger partial charge in [-0.05, 0) is 58.2 Å². The van der Waals surface area contributed by atoms with Gasteiger partial charge in [0.25, 0.3) is 5.91 Å². The Morgan fingerprint density at radius 3 is 2.59 bits per heavy atom. The van der Waals surface area contributed by atoms with Crippen LogP contribution in [0.25, 0.3) is 16.9 Å². The Balaban J connectivity index is 1.64. The fourth-order valence-electron chi connectivity index (χ4n) is 4.68. The molecule has 0 atom stereocenters. The fourth-order valence-corrected chi connectivity index (χ4v) is 4.68. The Labute approximate surface area is 214 Å². The summed E-state index contributed by atoms with van der Waals surface area (Å²) < 4.78 is 21.9. The number of benzene rings is 1. The number of carbonyl (C=O) groups excluding carboxylic acids is 2. The lowest BCUT2D eigenvalue weighted by Crippen LogP contribution is -2.37. The predicted octanol–water partition coefficient (Wildman–Crippen LogP) is 4.83. The molecule has 10 heteroatoms. The van der Waals surface area contributed by atoms with Crippen LogP contribution in [0.15, 0.2) is 36.5 Å². The van der Waals surface area contributed by atoms with Crippen molar-refractivity contribution in [2.24, 2.45) is 0 Å². The molecule has 5 rings (SSSR count). The van der Waals surface area contributed by atoms with Crippen LogP contribution in [0.3, 0.4) is 0 Å². The minimum atomic E-state index is -0.798. The molecule has 0 radical (unpaired) electrons. The average Bonchev–Trinajstić information content (AvgIpc) is 3.48. The van der Waals surface area contributed by atoms with Crippen LogP contribution in [-0.4, -0.2) is 50.4 Å². The van der Waals surface area contributed by atoms with Crippen molar-refractivity contribution in [2.45, 2.75) is 52.2 Å². The number of imide groups is 1. The van der Waals surface area contributed by atoms with E-state index in [0.717, 1.165) is 36.6 Å². The van der Waals surface area contributed by atoms with E-state index >= 15 is 0 Å². The number of ether oxygens (including phenoxy) is 1. The normalized spacial score (nSPS) is 15.5. The molecule has 3 aromatic rings. The molecule has 0 unspecified atom stereocenters. The molecule has 9 nitrogen and oxygen atoms in total. The largest absolute Gasteiger partial charge is 0.443 e. The highest BCUT2D eigenvalue weighted by atomic mass is 19.1. The number of carbonyl (C=O) groups is 2. The van der Waals surface area contributed by atoms with Gasteiger partial charge in [0.2, 0.25) is 0 Å². The highest BCUT2D eigenvalue weighted by Gasteiger charge is 2.39. The number of halogens is 1. The molecule has 0 aliphatic carbocycles.